The summed E-state index contributed by atoms with van der Waals surface area (Å²) in [6.07, 6.45) is 2.03. The van der Waals surface area contributed by atoms with Crippen molar-refractivity contribution in [1.29, 1.82) is 0 Å². The van der Waals surface area contributed by atoms with Gasteiger partial charge in [0.2, 0.25) is 11.8 Å². The molecule has 1 aliphatic heterocycles. The van der Waals surface area contributed by atoms with E-state index in [1.807, 2.05) is 28.7 Å². The zero-order valence-corrected chi connectivity index (χ0v) is 13.4. The van der Waals surface area contributed by atoms with Crippen molar-refractivity contribution in [1.82, 2.24) is 9.88 Å². The molecule has 3 heterocycles. The standard InChI is InChI=1S/C16H20N2O3S/c1-11-14(17-16(21-11)13-4-7-22-10-13)8-15(20)18-5-2-12(9-19)3-6-18/h4,7,10,12,19H,2-3,5-6,8-9H2,1H3. The fraction of sp³-hybridized carbons (Fsp3) is 0.500. The van der Waals surface area contributed by atoms with Crippen LogP contribution in [-0.4, -0.2) is 40.6 Å². The Morgan fingerprint density at radius 1 is 1.50 bits per heavy atom. The Labute approximate surface area is 133 Å². The number of likely N-dealkylation sites (tertiary alicyclic amines) is 1. The van der Waals surface area contributed by atoms with Gasteiger partial charge in [-0.15, -0.1) is 0 Å². The van der Waals surface area contributed by atoms with E-state index in [1.54, 1.807) is 11.3 Å². The van der Waals surface area contributed by atoms with Gasteiger partial charge in [-0.05, 0) is 37.1 Å². The molecule has 1 saturated heterocycles. The number of rotatable bonds is 4. The number of aromatic nitrogens is 1. The van der Waals surface area contributed by atoms with Crippen LogP contribution in [-0.2, 0) is 11.2 Å². The maximum Gasteiger partial charge on any atom is 0.228 e. The first-order chi connectivity index (χ1) is 10.7. The molecule has 6 heteroatoms. The molecule has 1 N–H and O–H groups in total. The maximum absolute atomic E-state index is 12.4. The van der Waals surface area contributed by atoms with Crippen molar-refractivity contribution in [2.75, 3.05) is 19.7 Å². The molecule has 0 bridgehead atoms. The quantitative estimate of drug-likeness (QED) is 0.940. The SMILES string of the molecule is Cc1oc(-c2ccsc2)nc1CC(=O)N1CCC(CO)CC1. The van der Waals surface area contributed by atoms with E-state index >= 15 is 0 Å². The van der Waals surface area contributed by atoms with Gasteiger partial charge in [-0.1, -0.05) is 0 Å². The molecule has 22 heavy (non-hydrogen) atoms. The molecule has 1 aliphatic rings. The first-order valence-electron chi connectivity index (χ1n) is 7.55. The van der Waals surface area contributed by atoms with Crippen molar-refractivity contribution in [3.63, 3.8) is 0 Å². The normalized spacial score (nSPS) is 16.2. The largest absolute Gasteiger partial charge is 0.441 e. The zero-order chi connectivity index (χ0) is 15.5. The van der Waals surface area contributed by atoms with E-state index < -0.39 is 0 Å². The van der Waals surface area contributed by atoms with Crippen molar-refractivity contribution in [3.8, 4) is 11.5 Å². The summed E-state index contributed by atoms with van der Waals surface area (Å²) in [5.74, 6) is 1.72. The number of nitrogens with zero attached hydrogens (tertiary/aromatic N) is 2. The average Bonchev–Trinajstić information content (AvgIpc) is 3.18. The van der Waals surface area contributed by atoms with Crippen LogP contribution in [0.1, 0.15) is 24.3 Å². The van der Waals surface area contributed by atoms with E-state index in [4.69, 9.17) is 9.52 Å². The second-order valence-corrected chi connectivity index (χ2v) is 6.50. The van der Waals surface area contributed by atoms with E-state index in [-0.39, 0.29) is 18.9 Å². The average molecular weight is 320 g/mol. The van der Waals surface area contributed by atoms with E-state index in [2.05, 4.69) is 4.98 Å². The van der Waals surface area contributed by atoms with Crippen molar-refractivity contribution < 1.29 is 14.3 Å². The molecule has 2 aromatic heterocycles. The zero-order valence-electron chi connectivity index (χ0n) is 12.6. The Bertz CT molecular complexity index is 628. The highest BCUT2D eigenvalue weighted by Gasteiger charge is 2.24. The molecule has 0 atom stereocenters. The van der Waals surface area contributed by atoms with Crippen LogP contribution >= 0.6 is 11.3 Å². The van der Waals surface area contributed by atoms with E-state index in [0.717, 1.165) is 37.2 Å². The smallest absolute Gasteiger partial charge is 0.228 e. The van der Waals surface area contributed by atoms with Crippen molar-refractivity contribution >= 4 is 17.2 Å². The topological polar surface area (TPSA) is 66.6 Å². The highest BCUT2D eigenvalue weighted by molar-refractivity contribution is 7.08. The number of carbonyl (C=O) groups excluding carboxylic acids is 1. The molecule has 0 aromatic carbocycles. The third-order valence-electron chi connectivity index (χ3n) is 4.20. The summed E-state index contributed by atoms with van der Waals surface area (Å²) in [5.41, 5.74) is 1.67. The summed E-state index contributed by atoms with van der Waals surface area (Å²) in [5, 5.41) is 13.1. The van der Waals surface area contributed by atoms with Crippen LogP contribution in [0.5, 0.6) is 0 Å². The molecule has 0 aliphatic carbocycles. The number of aliphatic hydroxyl groups is 1. The van der Waals surface area contributed by atoms with Crippen LogP contribution in [0.4, 0.5) is 0 Å². The minimum Gasteiger partial charge on any atom is -0.441 e. The van der Waals surface area contributed by atoms with Gasteiger partial charge < -0.3 is 14.4 Å². The Morgan fingerprint density at radius 2 is 2.27 bits per heavy atom. The molecule has 3 rings (SSSR count). The van der Waals surface area contributed by atoms with Crippen molar-refractivity contribution in [3.05, 3.63) is 28.3 Å². The van der Waals surface area contributed by atoms with Crippen molar-refractivity contribution in [2.24, 2.45) is 5.92 Å². The number of aryl methyl sites for hydroxylation is 1. The van der Waals surface area contributed by atoms with Gasteiger partial charge in [0.1, 0.15) is 5.76 Å². The van der Waals surface area contributed by atoms with Gasteiger partial charge in [0.15, 0.2) is 0 Å². The summed E-state index contributed by atoms with van der Waals surface area (Å²) >= 11 is 1.59. The van der Waals surface area contributed by atoms with Gasteiger partial charge in [0.05, 0.1) is 12.1 Å². The summed E-state index contributed by atoms with van der Waals surface area (Å²) in [6.45, 7) is 3.51. The number of hydrogen-bond donors (Lipinski definition) is 1. The number of carbonyl (C=O) groups is 1. The third-order valence-corrected chi connectivity index (χ3v) is 4.89. The van der Waals surface area contributed by atoms with Gasteiger partial charge in [-0.2, -0.15) is 11.3 Å². The highest BCUT2D eigenvalue weighted by Crippen LogP contribution is 2.24. The van der Waals surface area contributed by atoms with E-state index in [1.165, 1.54) is 0 Å². The number of amides is 1. The molecule has 5 nitrogen and oxygen atoms in total. The Morgan fingerprint density at radius 3 is 2.91 bits per heavy atom. The first kappa shape index (κ1) is 15.2. The van der Waals surface area contributed by atoms with Crippen LogP contribution in [0.2, 0.25) is 0 Å². The van der Waals surface area contributed by atoms with Crippen LogP contribution < -0.4 is 0 Å². The molecular weight excluding hydrogens is 300 g/mol. The van der Waals surface area contributed by atoms with E-state index in [9.17, 15) is 4.79 Å². The third kappa shape index (κ3) is 3.23. The monoisotopic (exact) mass is 320 g/mol. The number of piperidine rings is 1. The Hall–Kier alpha value is -1.66. The lowest BCUT2D eigenvalue weighted by atomic mass is 9.97. The van der Waals surface area contributed by atoms with Crippen LogP contribution in [0.3, 0.4) is 0 Å². The summed E-state index contributed by atoms with van der Waals surface area (Å²) in [7, 11) is 0. The van der Waals surface area contributed by atoms with Gasteiger partial charge in [0.25, 0.3) is 0 Å². The molecular formula is C16H20N2O3S. The maximum atomic E-state index is 12.4. The van der Waals surface area contributed by atoms with Crippen LogP contribution in [0.15, 0.2) is 21.2 Å². The van der Waals surface area contributed by atoms with Crippen molar-refractivity contribution in [2.45, 2.75) is 26.2 Å². The highest BCUT2D eigenvalue weighted by atomic mass is 32.1. The van der Waals surface area contributed by atoms with Gasteiger partial charge in [-0.3, -0.25) is 4.79 Å². The lowest BCUT2D eigenvalue weighted by molar-refractivity contribution is -0.132. The summed E-state index contributed by atoms with van der Waals surface area (Å²) in [6, 6.07) is 1.96. The lowest BCUT2D eigenvalue weighted by Gasteiger charge is -2.31. The second-order valence-electron chi connectivity index (χ2n) is 5.72. The van der Waals surface area contributed by atoms with Crippen LogP contribution in [0.25, 0.3) is 11.5 Å². The molecule has 0 saturated carbocycles. The van der Waals surface area contributed by atoms with Gasteiger partial charge in [-0.25, -0.2) is 4.98 Å². The molecule has 1 fully saturated rings. The number of oxazole rings is 1. The molecule has 2 aromatic rings. The molecule has 0 unspecified atom stereocenters. The first-order valence-corrected chi connectivity index (χ1v) is 8.49. The number of hydrogen-bond acceptors (Lipinski definition) is 5. The summed E-state index contributed by atoms with van der Waals surface area (Å²) in [4.78, 5) is 18.7. The van der Waals surface area contributed by atoms with E-state index in [0.29, 0.717) is 17.6 Å². The van der Waals surface area contributed by atoms with Gasteiger partial charge in [0, 0.05) is 30.6 Å². The number of aliphatic hydroxyl groups excluding tert-OH is 1. The molecule has 118 valence electrons. The minimum atomic E-state index is 0.0876. The predicted molar refractivity (Wildman–Crippen MR) is 84.6 cm³/mol. The Kier molecular flexibility index (Phi) is 4.59. The Balaban J connectivity index is 1.65. The number of thiophene rings is 1. The molecule has 1 amide bonds. The molecule has 0 radical (unpaired) electrons. The lowest BCUT2D eigenvalue weighted by Crippen LogP contribution is -2.40. The predicted octanol–water partition coefficient (Wildman–Crippen LogP) is 2.48. The van der Waals surface area contributed by atoms with Gasteiger partial charge >= 0.3 is 0 Å². The fourth-order valence-electron chi connectivity index (χ4n) is 2.72. The fourth-order valence-corrected chi connectivity index (χ4v) is 3.35. The minimum absolute atomic E-state index is 0.0876. The molecule has 0 spiro atoms. The summed E-state index contributed by atoms with van der Waals surface area (Å²) < 4.78 is 5.67. The second kappa shape index (κ2) is 6.62. The van der Waals surface area contributed by atoms with Crippen LogP contribution in [0, 0.1) is 12.8 Å².